The summed E-state index contributed by atoms with van der Waals surface area (Å²) in [6.07, 6.45) is 0.0206. The molecule has 0 saturated carbocycles. The first-order valence-corrected chi connectivity index (χ1v) is 7.32. The summed E-state index contributed by atoms with van der Waals surface area (Å²) in [6.45, 7) is 2.74. The van der Waals surface area contributed by atoms with Gasteiger partial charge in [-0.2, -0.15) is 0 Å². The number of nitrogens with one attached hydrogen (secondary N) is 1. The van der Waals surface area contributed by atoms with Gasteiger partial charge < -0.3 is 43.4 Å². The molecule has 132 valence electrons. The highest BCUT2D eigenvalue weighted by atomic mass is 127. The van der Waals surface area contributed by atoms with Gasteiger partial charge in [0.1, 0.15) is 25.4 Å². The molecule has 1 saturated heterocycles. The van der Waals surface area contributed by atoms with Crippen molar-refractivity contribution in [2.75, 3.05) is 33.8 Å². The molecule has 2 rings (SSSR count). The molecule has 0 aromatic carbocycles. The van der Waals surface area contributed by atoms with E-state index in [1.807, 2.05) is 14.1 Å². The number of quaternary nitrogens is 1. The van der Waals surface area contributed by atoms with Crippen LogP contribution in [0, 0.1) is 6.92 Å². The zero-order valence-electron chi connectivity index (χ0n) is 13.5. The van der Waals surface area contributed by atoms with Crippen molar-refractivity contribution in [3.63, 3.8) is 0 Å². The van der Waals surface area contributed by atoms with Crippen molar-refractivity contribution in [2.24, 2.45) is 0 Å². The molecule has 1 aromatic rings. The number of rotatable bonds is 5. The molecule has 1 aliphatic rings. The topological polar surface area (TPSA) is 105 Å². The second-order valence-corrected chi connectivity index (χ2v) is 6.48. The fraction of sp³-hybridized carbons (Fsp3) is 0.714. The standard InChI is InChI=1S/C14H23N3O5.HI/c1-9-7-16(14(21)15-13(9)20)12-6-10(19)11(22-12)8-17(2,3)4-5-18;/h7,10-12,18-19H,4-6,8H2,1-3H3;1H/t10-,11+,12+;/m0./s1. The summed E-state index contributed by atoms with van der Waals surface area (Å²) in [6, 6.07) is 0. The van der Waals surface area contributed by atoms with E-state index >= 15 is 0 Å². The van der Waals surface area contributed by atoms with E-state index in [4.69, 9.17) is 9.84 Å². The highest BCUT2D eigenvalue weighted by Crippen LogP contribution is 2.28. The maximum absolute atomic E-state index is 11.9. The van der Waals surface area contributed by atoms with Crippen molar-refractivity contribution >= 4 is 0 Å². The van der Waals surface area contributed by atoms with Gasteiger partial charge in [0.05, 0.1) is 26.8 Å². The zero-order valence-corrected chi connectivity index (χ0v) is 15.7. The van der Waals surface area contributed by atoms with Crippen LogP contribution in [-0.4, -0.2) is 70.2 Å². The van der Waals surface area contributed by atoms with Crippen LogP contribution < -0.4 is 35.2 Å². The Labute approximate surface area is 151 Å². The largest absolute Gasteiger partial charge is 1.00 e. The van der Waals surface area contributed by atoms with Gasteiger partial charge >= 0.3 is 5.69 Å². The SMILES string of the molecule is Cc1cn([C@H]2C[C@H](O)[C@@H](C[N+](C)(C)CCO)O2)c(=O)[nH]c1=O.[I-]. The van der Waals surface area contributed by atoms with Gasteiger partial charge in [0.25, 0.3) is 5.56 Å². The first-order chi connectivity index (χ1) is 10.2. The van der Waals surface area contributed by atoms with Gasteiger partial charge in [0.15, 0.2) is 0 Å². The Hall–Kier alpha value is -0.750. The van der Waals surface area contributed by atoms with Crippen molar-refractivity contribution in [1.29, 1.82) is 0 Å². The number of aromatic amines is 1. The van der Waals surface area contributed by atoms with Gasteiger partial charge in [0, 0.05) is 18.2 Å². The lowest BCUT2D eigenvalue weighted by molar-refractivity contribution is -0.894. The lowest BCUT2D eigenvalue weighted by atomic mass is 10.1. The number of ether oxygens (including phenoxy) is 1. The predicted octanol–water partition coefficient (Wildman–Crippen LogP) is -4.43. The average molecular weight is 441 g/mol. The maximum Gasteiger partial charge on any atom is 0.330 e. The van der Waals surface area contributed by atoms with Crippen molar-refractivity contribution in [2.45, 2.75) is 31.8 Å². The molecule has 0 bridgehead atoms. The summed E-state index contributed by atoms with van der Waals surface area (Å²) in [7, 11) is 3.88. The van der Waals surface area contributed by atoms with Crippen LogP contribution in [0.5, 0.6) is 0 Å². The Balaban J connectivity index is 0.00000264. The molecule has 0 radical (unpaired) electrons. The Morgan fingerprint density at radius 1 is 1.43 bits per heavy atom. The van der Waals surface area contributed by atoms with Crippen LogP contribution in [0.4, 0.5) is 0 Å². The number of aliphatic hydroxyl groups is 2. The number of aromatic nitrogens is 2. The van der Waals surface area contributed by atoms with Gasteiger partial charge in [0.2, 0.25) is 0 Å². The maximum atomic E-state index is 11.9. The minimum atomic E-state index is -0.694. The molecular formula is C14H24IN3O5. The van der Waals surface area contributed by atoms with Gasteiger partial charge in [-0.05, 0) is 6.92 Å². The number of hydrogen-bond acceptors (Lipinski definition) is 5. The number of hydrogen-bond donors (Lipinski definition) is 3. The van der Waals surface area contributed by atoms with Crippen LogP contribution in [-0.2, 0) is 4.74 Å². The van der Waals surface area contributed by atoms with Crippen LogP contribution in [0.25, 0.3) is 0 Å². The molecule has 9 heteroatoms. The van der Waals surface area contributed by atoms with Gasteiger partial charge in [-0.25, -0.2) is 4.79 Å². The number of aryl methyl sites for hydroxylation is 1. The van der Waals surface area contributed by atoms with E-state index in [0.717, 1.165) is 0 Å². The van der Waals surface area contributed by atoms with Crippen LogP contribution in [0.2, 0.25) is 0 Å². The summed E-state index contributed by atoms with van der Waals surface area (Å²) >= 11 is 0. The molecule has 0 aliphatic carbocycles. The summed E-state index contributed by atoms with van der Waals surface area (Å²) < 4.78 is 7.63. The minimum absolute atomic E-state index is 0. The van der Waals surface area contributed by atoms with E-state index in [1.54, 1.807) is 6.92 Å². The number of halogens is 1. The van der Waals surface area contributed by atoms with Crippen molar-refractivity contribution in [1.82, 2.24) is 9.55 Å². The molecule has 0 amide bonds. The molecule has 0 spiro atoms. The monoisotopic (exact) mass is 441 g/mol. The summed E-state index contributed by atoms with van der Waals surface area (Å²) in [5.41, 5.74) is -0.549. The molecule has 8 nitrogen and oxygen atoms in total. The van der Waals surface area contributed by atoms with Crippen LogP contribution in [0.3, 0.4) is 0 Å². The van der Waals surface area contributed by atoms with Gasteiger partial charge in [-0.15, -0.1) is 0 Å². The van der Waals surface area contributed by atoms with E-state index < -0.39 is 29.7 Å². The van der Waals surface area contributed by atoms with Crippen LogP contribution in [0.15, 0.2) is 15.8 Å². The number of aliphatic hydroxyl groups excluding tert-OH is 2. The second kappa shape index (κ2) is 7.88. The molecule has 1 aliphatic heterocycles. The van der Waals surface area contributed by atoms with E-state index in [9.17, 15) is 14.7 Å². The summed E-state index contributed by atoms with van der Waals surface area (Å²) in [5.74, 6) is 0. The average Bonchev–Trinajstić information content (AvgIpc) is 2.74. The summed E-state index contributed by atoms with van der Waals surface area (Å²) in [5, 5.41) is 19.2. The summed E-state index contributed by atoms with van der Waals surface area (Å²) in [4.78, 5) is 25.5. The van der Waals surface area contributed by atoms with Gasteiger partial charge in [-0.1, -0.05) is 0 Å². The molecule has 3 atom stereocenters. The second-order valence-electron chi connectivity index (χ2n) is 6.48. The number of likely N-dealkylation sites (N-methyl/N-ethyl adjacent to an activating group) is 1. The lowest BCUT2D eigenvalue weighted by Crippen LogP contribution is -3.00. The zero-order chi connectivity index (χ0) is 16.5. The first kappa shape index (κ1) is 20.3. The quantitative estimate of drug-likeness (QED) is 0.316. The molecule has 2 heterocycles. The highest BCUT2D eigenvalue weighted by Gasteiger charge is 2.39. The highest BCUT2D eigenvalue weighted by molar-refractivity contribution is 5.02. The number of H-pyrrole nitrogens is 1. The van der Waals surface area contributed by atoms with Crippen LogP contribution >= 0.6 is 0 Å². The Bertz CT molecular complexity index is 642. The van der Waals surface area contributed by atoms with Crippen molar-refractivity contribution < 1.29 is 43.4 Å². The molecule has 23 heavy (non-hydrogen) atoms. The molecule has 3 N–H and O–H groups in total. The minimum Gasteiger partial charge on any atom is -1.00 e. The third-order valence-corrected chi connectivity index (χ3v) is 4.04. The van der Waals surface area contributed by atoms with Crippen molar-refractivity contribution in [3.05, 3.63) is 32.6 Å². The fourth-order valence-electron chi connectivity index (χ4n) is 2.70. The van der Waals surface area contributed by atoms with Crippen molar-refractivity contribution in [3.8, 4) is 0 Å². The van der Waals surface area contributed by atoms with Crippen LogP contribution in [0.1, 0.15) is 18.2 Å². The van der Waals surface area contributed by atoms with E-state index in [-0.39, 0.29) is 37.0 Å². The molecular weight excluding hydrogens is 417 g/mol. The third kappa shape index (κ3) is 4.86. The Morgan fingerprint density at radius 3 is 2.70 bits per heavy atom. The molecule has 1 aromatic heterocycles. The van der Waals surface area contributed by atoms with E-state index in [1.165, 1.54) is 10.8 Å². The van der Waals surface area contributed by atoms with E-state index in [2.05, 4.69) is 4.98 Å². The molecule has 0 unspecified atom stereocenters. The third-order valence-electron chi connectivity index (χ3n) is 4.04. The first-order valence-electron chi connectivity index (χ1n) is 7.32. The molecule has 1 fully saturated rings. The predicted molar refractivity (Wildman–Crippen MR) is 79.5 cm³/mol. The van der Waals surface area contributed by atoms with E-state index in [0.29, 0.717) is 23.1 Å². The smallest absolute Gasteiger partial charge is 0.330 e. The fourth-order valence-corrected chi connectivity index (χ4v) is 2.70. The lowest BCUT2D eigenvalue weighted by Gasteiger charge is -2.32. The Morgan fingerprint density at radius 2 is 2.09 bits per heavy atom. The number of nitrogens with zero attached hydrogens (tertiary/aromatic N) is 2. The normalized spacial score (nSPS) is 24.5. The van der Waals surface area contributed by atoms with Gasteiger partial charge in [-0.3, -0.25) is 14.3 Å². The Kier molecular flexibility index (Phi) is 6.95.